The van der Waals surface area contributed by atoms with E-state index in [0.717, 1.165) is 18.8 Å². The molecule has 0 aromatic carbocycles. The van der Waals surface area contributed by atoms with Gasteiger partial charge in [0.05, 0.1) is 6.61 Å². The smallest absolute Gasteiger partial charge is 0.0613 e. The second-order valence-electron chi connectivity index (χ2n) is 6.19. The van der Waals surface area contributed by atoms with Crippen LogP contribution in [-0.4, -0.2) is 48.8 Å². The normalized spacial score (nSPS) is 24.9. The lowest BCUT2D eigenvalue weighted by atomic mass is 9.91. The molecule has 2 atom stereocenters. The van der Waals surface area contributed by atoms with Crippen LogP contribution in [0.3, 0.4) is 0 Å². The molecule has 0 saturated carbocycles. The number of aliphatic hydroxyl groups excluding tert-OH is 1. The van der Waals surface area contributed by atoms with Gasteiger partial charge in [-0.05, 0) is 71.1 Å². The second-order valence-corrected chi connectivity index (χ2v) is 6.19. The van der Waals surface area contributed by atoms with Crippen LogP contribution in [0.25, 0.3) is 0 Å². The van der Waals surface area contributed by atoms with Crippen LogP contribution in [0.5, 0.6) is 0 Å². The molecule has 19 heavy (non-hydrogen) atoms. The third kappa shape index (κ3) is 5.41. The van der Waals surface area contributed by atoms with Gasteiger partial charge in [-0.3, -0.25) is 0 Å². The SMILES string of the molecule is CCC1CCCN(CCCC(CC)(CO)NC)CC1. The lowest BCUT2D eigenvalue weighted by Gasteiger charge is -2.31. The molecule has 1 saturated heterocycles. The second kappa shape index (κ2) is 8.93. The van der Waals surface area contributed by atoms with Crippen molar-refractivity contribution in [3.63, 3.8) is 0 Å². The number of hydrogen-bond acceptors (Lipinski definition) is 3. The Balaban J connectivity index is 2.28. The molecule has 1 rings (SSSR count). The fraction of sp³-hybridized carbons (Fsp3) is 1.00. The molecule has 1 heterocycles. The average Bonchev–Trinajstić information content (AvgIpc) is 2.69. The van der Waals surface area contributed by atoms with E-state index < -0.39 is 0 Å². The topological polar surface area (TPSA) is 35.5 Å². The third-order valence-electron chi connectivity index (χ3n) is 5.16. The minimum atomic E-state index is -0.0577. The van der Waals surface area contributed by atoms with Crippen molar-refractivity contribution in [2.75, 3.05) is 33.3 Å². The van der Waals surface area contributed by atoms with Crippen LogP contribution in [0.4, 0.5) is 0 Å². The lowest BCUT2D eigenvalue weighted by molar-refractivity contribution is 0.146. The summed E-state index contributed by atoms with van der Waals surface area (Å²) in [6.07, 6.45) is 8.76. The first kappa shape index (κ1) is 16.9. The molecule has 0 aromatic rings. The third-order valence-corrected chi connectivity index (χ3v) is 5.16. The molecule has 2 unspecified atom stereocenters. The van der Waals surface area contributed by atoms with Crippen molar-refractivity contribution in [3.05, 3.63) is 0 Å². The molecule has 3 heteroatoms. The summed E-state index contributed by atoms with van der Waals surface area (Å²) in [5.74, 6) is 0.953. The molecule has 0 radical (unpaired) electrons. The molecule has 1 aliphatic rings. The highest BCUT2D eigenvalue weighted by Crippen LogP contribution is 2.21. The Labute approximate surface area is 119 Å². The molecule has 0 aromatic heterocycles. The first-order chi connectivity index (χ1) is 9.19. The lowest BCUT2D eigenvalue weighted by Crippen LogP contribution is -2.46. The van der Waals surface area contributed by atoms with Crippen molar-refractivity contribution in [1.29, 1.82) is 0 Å². The van der Waals surface area contributed by atoms with Crippen molar-refractivity contribution in [1.82, 2.24) is 10.2 Å². The number of hydrogen-bond donors (Lipinski definition) is 2. The predicted octanol–water partition coefficient (Wildman–Crippen LogP) is 2.64. The van der Waals surface area contributed by atoms with Crippen molar-refractivity contribution in [2.24, 2.45) is 5.92 Å². The number of nitrogens with one attached hydrogen (secondary N) is 1. The van der Waals surface area contributed by atoms with Crippen LogP contribution in [0, 0.1) is 5.92 Å². The first-order valence-corrected chi connectivity index (χ1v) is 8.21. The predicted molar refractivity (Wildman–Crippen MR) is 82.5 cm³/mol. The Morgan fingerprint density at radius 3 is 2.63 bits per heavy atom. The zero-order valence-corrected chi connectivity index (χ0v) is 13.2. The van der Waals surface area contributed by atoms with E-state index in [1.54, 1.807) is 0 Å². The van der Waals surface area contributed by atoms with Gasteiger partial charge in [-0.2, -0.15) is 0 Å². The minimum absolute atomic E-state index is 0.0577. The van der Waals surface area contributed by atoms with E-state index in [0.29, 0.717) is 0 Å². The van der Waals surface area contributed by atoms with Crippen LogP contribution >= 0.6 is 0 Å². The van der Waals surface area contributed by atoms with Gasteiger partial charge in [0.2, 0.25) is 0 Å². The fourth-order valence-electron chi connectivity index (χ4n) is 3.25. The summed E-state index contributed by atoms with van der Waals surface area (Å²) in [5.41, 5.74) is -0.0577. The molecule has 0 bridgehead atoms. The Kier molecular flexibility index (Phi) is 7.96. The monoisotopic (exact) mass is 270 g/mol. The highest BCUT2D eigenvalue weighted by Gasteiger charge is 2.24. The van der Waals surface area contributed by atoms with Gasteiger partial charge in [0, 0.05) is 5.54 Å². The fourth-order valence-corrected chi connectivity index (χ4v) is 3.25. The molecule has 1 aliphatic heterocycles. The van der Waals surface area contributed by atoms with Gasteiger partial charge in [-0.25, -0.2) is 0 Å². The van der Waals surface area contributed by atoms with E-state index in [2.05, 4.69) is 24.1 Å². The van der Waals surface area contributed by atoms with E-state index in [-0.39, 0.29) is 12.1 Å². The number of aliphatic hydroxyl groups is 1. The maximum atomic E-state index is 9.55. The number of rotatable bonds is 8. The molecule has 1 fully saturated rings. The van der Waals surface area contributed by atoms with E-state index in [1.807, 2.05) is 7.05 Å². The number of likely N-dealkylation sites (N-methyl/N-ethyl adjacent to an activating group) is 1. The zero-order valence-electron chi connectivity index (χ0n) is 13.2. The summed E-state index contributed by atoms with van der Waals surface area (Å²) >= 11 is 0. The van der Waals surface area contributed by atoms with Gasteiger partial charge in [-0.15, -0.1) is 0 Å². The summed E-state index contributed by atoms with van der Waals surface area (Å²) in [7, 11) is 1.97. The largest absolute Gasteiger partial charge is 0.394 e. The Morgan fingerprint density at radius 1 is 1.26 bits per heavy atom. The highest BCUT2D eigenvalue weighted by atomic mass is 16.3. The van der Waals surface area contributed by atoms with Gasteiger partial charge in [-0.1, -0.05) is 20.3 Å². The Morgan fingerprint density at radius 2 is 2.05 bits per heavy atom. The summed E-state index contributed by atoms with van der Waals surface area (Å²) in [6, 6.07) is 0. The van der Waals surface area contributed by atoms with E-state index in [1.165, 1.54) is 51.7 Å². The average molecular weight is 270 g/mol. The van der Waals surface area contributed by atoms with Gasteiger partial charge >= 0.3 is 0 Å². The van der Waals surface area contributed by atoms with Crippen molar-refractivity contribution in [3.8, 4) is 0 Å². The maximum Gasteiger partial charge on any atom is 0.0613 e. The van der Waals surface area contributed by atoms with Gasteiger partial charge in [0.15, 0.2) is 0 Å². The van der Waals surface area contributed by atoms with Crippen molar-refractivity contribution >= 4 is 0 Å². The van der Waals surface area contributed by atoms with Gasteiger partial charge in [0.1, 0.15) is 0 Å². The Hall–Kier alpha value is -0.120. The molecule has 2 N–H and O–H groups in total. The molecular formula is C16H34N2O. The molecule has 0 amide bonds. The van der Waals surface area contributed by atoms with Gasteiger partial charge in [0.25, 0.3) is 0 Å². The number of nitrogens with zero attached hydrogens (tertiary/aromatic N) is 1. The van der Waals surface area contributed by atoms with Gasteiger partial charge < -0.3 is 15.3 Å². The standard InChI is InChI=1S/C16H34N2O/c1-4-15-8-6-11-18(13-9-15)12-7-10-16(5-2,14-19)17-3/h15,17,19H,4-14H2,1-3H3. The molecule has 0 spiro atoms. The summed E-state index contributed by atoms with van der Waals surface area (Å²) < 4.78 is 0. The highest BCUT2D eigenvalue weighted by molar-refractivity contribution is 4.85. The van der Waals surface area contributed by atoms with Crippen LogP contribution in [-0.2, 0) is 0 Å². The van der Waals surface area contributed by atoms with Crippen molar-refractivity contribution in [2.45, 2.75) is 64.3 Å². The van der Waals surface area contributed by atoms with E-state index in [4.69, 9.17) is 0 Å². The first-order valence-electron chi connectivity index (χ1n) is 8.21. The van der Waals surface area contributed by atoms with Crippen LogP contribution in [0.15, 0.2) is 0 Å². The quantitative estimate of drug-likeness (QED) is 0.712. The molecule has 114 valence electrons. The number of likely N-dealkylation sites (tertiary alicyclic amines) is 1. The van der Waals surface area contributed by atoms with E-state index in [9.17, 15) is 5.11 Å². The summed E-state index contributed by atoms with van der Waals surface area (Å²) in [5, 5.41) is 12.9. The van der Waals surface area contributed by atoms with Crippen LogP contribution < -0.4 is 5.32 Å². The van der Waals surface area contributed by atoms with Crippen LogP contribution in [0.2, 0.25) is 0 Å². The van der Waals surface area contributed by atoms with E-state index >= 15 is 0 Å². The molecular weight excluding hydrogens is 236 g/mol. The summed E-state index contributed by atoms with van der Waals surface area (Å²) in [4.78, 5) is 2.63. The van der Waals surface area contributed by atoms with Crippen LogP contribution in [0.1, 0.15) is 58.8 Å². The van der Waals surface area contributed by atoms with Crippen molar-refractivity contribution < 1.29 is 5.11 Å². The Bertz CT molecular complexity index is 221. The zero-order chi connectivity index (χ0) is 14.1. The maximum absolute atomic E-state index is 9.55. The minimum Gasteiger partial charge on any atom is -0.394 e. The molecule has 3 nitrogen and oxygen atoms in total. The summed E-state index contributed by atoms with van der Waals surface area (Å²) in [6.45, 7) is 8.47. The molecule has 0 aliphatic carbocycles.